The van der Waals surface area contributed by atoms with E-state index in [2.05, 4.69) is 164 Å². The summed E-state index contributed by atoms with van der Waals surface area (Å²) in [6.45, 7) is 0. The van der Waals surface area contributed by atoms with Crippen molar-refractivity contribution in [2.24, 2.45) is 10.7 Å². The average Bonchev–Trinajstić information content (AvgIpc) is 3.61. The van der Waals surface area contributed by atoms with Crippen molar-refractivity contribution in [3.63, 3.8) is 0 Å². The molecule has 2 aliphatic rings. The van der Waals surface area contributed by atoms with Crippen LogP contribution in [0.1, 0.15) is 44.5 Å². The van der Waals surface area contributed by atoms with Crippen molar-refractivity contribution in [2.75, 3.05) is 0 Å². The van der Waals surface area contributed by atoms with Gasteiger partial charge in [0.2, 0.25) is 0 Å². The molecule has 0 radical (unpaired) electrons. The van der Waals surface area contributed by atoms with Gasteiger partial charge in [0.15, 0.2) is 0 Å². The van der Waals surface area contributed by atoms with Gasteiger partial charge in [-0.1, -0.05) is 158 Å². The molecule has 286 valence electrons. The molecule has 2 N–H and O–H groups in total. The van der Waals surface area contributed by atoms with Crippen LogP contribution in [-0.2, 0) is 5.41 Å². The number of nitrogens with zero attached hydrogens (tertiary/aromatic N) is 2. The van der Waals surface area contributed by atoms with E-state index in [1.54, 1.807) is 0 Å². The van der Waals surface area contributed by atoms with Gasteiger partial charge < -0.3 is 10.5 Å². The molecule has 61 heavy (non-hydrogen) atoms. The van der Waals surface area contributed by atoms with E-state index in [0.717, 1.165) is 67.1 Å². The Balaban J connectivity index is 1.11. The Hall–Kier alpha value is -8.26. The SMILES string of the molecule is N#Cc1cccc(-c2cccc(C=N/C(=C(\N)c3cccc(-c4ccc5ccccc5c4)c3)c3ccc4c(c3)C3(c5ccccc5Oc5ccccc53)c3ccccc3-4)c2)c1. The van der Waals surface area contributed by atoms with Gasteiger partial charge in [-0.2, -0.15) is 5.26 Å². The minimum absolute atomic E-state index is 0.564. The van der Waals surface area contributed by atoms with Crippen molar-refractivity contribution < 1.29 is 4.74 Å². The van der Waals surface area contributed by atoms with Crippen LogP contribution >= 0.6 is 0 Å². The summed E-state index contributed by atoms with van der Waals surface area (Å²) in [4.78, 5) is 5.30. The van der Waals surface area contributed by atoms with Crippen molar-refractivity contribution in [1.29, 1.82) is 5.26 Å². The number of fused-ring (bicyclic) bond motifs is 10. The zero-order chi connectivity index (χ0) is 40.9. The molecule has 1 spiro atoms. The molecule has 11 rings (SSSR count). The summed E-state index contributed by atoms with van der Waals surface area (Å²) < 4.78 is 6.61. The van der Waals surface area contributed by atoms with E-state index >= 15 is 0 Å². The molecule has 0 amide bonds. The Morgan fingerprint density at radius 1 is 0.492 bits per heavy atom. The third kappa shape index (κ3) is 5.94. The Labute approximate surface area is 354 Å². The van der Waals surface area contributed by atoms with E-state index in [9.17, 15) is 5.26 Å². The number of para-hydroxylation sites is 2. The lowest BCUT2D eigenvalue weighted by Gasteiger charge is -2.39. The Morgan fingerprint density at radius 2 is 1.11 bits per heavy atom. The second-order valence-electron chi connectivity index (χ2n) is 15.6. The van der Waals surface area contributed by atoms with Crippen LogP contribution in [-0.4, -0.2) is 6.21 Å². The maximum atomic E-state index is 9.58. The molecule has 9 aromatic rings. The van der Waals surface area contributed by atoms with Crippen molar-refractivity contribution in [3.8, 4) is 50.9 Å². The molecule has 1 heterocycles. The normalized spacial score (nSPS) is 13.4. The first-order chi connectivity index (χ1) is 30.1. The van der Waals surface area contributed by atoms with Crippen molar-refractivity contribution >= 4 is 28.4 Å². The van der Waals surface area contributed by atoms with Gasteiger partial charge in [-0.3, -0.25) is 4.99 Å². The van der Waals surface area contributed by atoms with E-state index < -0.39 is 5.41 Å². The second kappa shape index (κ2) is 14.5. The molecule has 0 bridgehead atoms. The number of aliphatic imine (C=N–C) groups is 1. The number of benzene rings is 9. The van der Waals surface area contributed by atoms with Gasteiger partial charge in [0.25, 0.3) is 0 Å². The first-order valence-electron chi connectivity index (χ1n) is 20.4. The molecule has 0 unspecified atom stereocenters. The summed E-state index contributed by atoms with van der Waals surface area (Å²) in [6, 6.07) is 73.8. The standard InChI is InChI=1S/C57H37N3O/c58-35-37-12-9-16-40(30-37)41-17-10-13-38(31-41)36-60-56(55(59)45-19-11-18-43(33-45)44-27-26-39-14-1-2-15-42(39)32-44)46-28-29-48-47-20-3-4-21-49(47)57(52(48)34-46)50-22-5-7-24-53(50)61-54-25-8-6-23-51(54)57/h1-34,36H,59H2/b56-55-,60-36?. The zero-order valence-electron chi connectivity index (χ0n) is 33.1. The largest absolute Gasteiger partial charge is 0.457 e. The minimum atomic E-state index is -0.640. The third-order valence-electron chi connectivity index (χ3n) is 12.2. The summed E-state index contributed by atoms with van der Waals surface area (Å²) in [5.74, 6) is 1.68. The number of nitriles is 1. The topological polar surface area (TPSA) is 71.4 Å². The molecule has 0 aromatic heterocycles. The second-order valence-corrected chi connectivity index (χ2v) is 15.6. The number of rotatable bonds is 6. The maximum absolute atomic E-state index is 9.58. The lowest BCUT2D eigenvalue weighted by Crippen LogP contribution is -2.32. The molecular formula is C57H37N3O. The first kappa shape index (κ1) is 35.9. The van der Waals surface area contributed by atoms with Crippen molar-refractivity contribution in [1.82, 2.24) is 0 Å². The van der Waals surface area contributed by atoms with Crippen LogP contribution in [0.3, 0.4) is 0 Å². The van der Waals surface area contributed by atoms with Crippen molar-refractivity contribution in [3.05, 3.63) is 251 Å². The van der Waals surface area contributed by atoms with Crippen LogP contribution in [0.2, 0.25) is 0 Å². The summed E-state index contributed by atoms with van der Waals surface area (Å²) in [5, 5.41) is 12.0. The molecule has 4 nitrogen and oxygen atoms in total. The predicted octanol–water partition coefficient (Wildman–Crippen LogP) is 13.4. The fourth-order valence-electron chi connectivity index (χ4n) is 9.38. The van der Waals surface area contributed by atoms with Gasteiger partial charge >= 0.3 is 0 Å². The van der Waals surface area contributed by atoms with E-state index in [1.165, 1.54) is 27.5 Å². The smallest absolute Gasteiger partial charge is 0.132 e. The van der Waals surface area contributed by atoms with Crippen molar-refractivity contribution in [2.45, 2.75) is 5.41 Å². The summed E-state index contributed by atoms with van der Waals surface area (Å²) >= 11 is 0. The maximum Gasteiger partial charge on any atom is 0.132 e. The molecule has 4 heteroatoms. The van der Waals surface area contributed by atoms with Gasteiger partial charge in [-0.05, 0) is 109 Å². The van der Waals surface area contributed by atoms with E-state index in [0.29, 0.717) is 17.0 Å². The highest BCUT2D eigenvalue weighted by atomic mass is 16.5. The van der Waals surface area contributed by atoms with Crippen LogP contribution in [0.5, 0.6) is 11.5 Å². The molecule has 1 aliphatic carbocycles. The minimum Gasteiger partial charge on any atom is -0.457 e. The fourth-order valence-corrected chi connectivity index (χ4v) is 9.38. The summed E-state index contributed by atoms with van der Waals surface area (Å²) in [6.07, 6.45) is 1.89. The Morgan fingerprint density at radius 3 is 1.90 bits per heavy atom. The molecule has 0 atom stereocenters. The van der Waals surface area contributed by atoms with Crippen LogP contribution in [0.4, 0.5) is 0 Å². The van der Waals surface area contributed by atoms with Crippen LogP contribution in [0, 0.1) is 11.3 Å². The predicted molar refractivity (Wildman–Crippen MR) is 248 cm³/mol. The van der Waals surface area contributed by atoms with Gasteiger partial charge in [0.05, 0.1) is 28.4 Å². The Bertz CT molecular complexity index is 3290. The fraction of sp³-hybridized carbons (Fsp3) is 0.0175. The number of hydrogen-bond donors (Lipinski definition) is 1. The lowest BCUT2D eigenvalue weighted by molar-refractivity contribution is 0.436. The monoisotopic (exact) mass is 779 g/mol. The molecule has 9 aromatic carbocycles. The number of ether oxygens (including phenoxy) is 1. The number of hydrogen-bond acceptors (Lipinski definition) is 4. The first-order valence-corrected chi connectivity index (χ1v) is 20.4. The van der Waals surface area contributed by atoms with Gasteiger partial charge in [-0.15, -0.1) is 0 Å². The molecular weight excluding hydrogens is 743 g/mol. The molecule has 1 aliphatic heterocycles. The molecule has 0 saturated carbocycles. The van der Waals surface area contributed by atoms with E-state index in [4.69, 9.17) is 15.5 Å². The Kier molecular flexibility index (Phi) is 8.55. The molecule has 0 saturated heterocycles. The van der Waals surface area contributed by atoms with Gasteiger partial charge in [-0.25, -0.2) is 0 Å². The van der Waals surface area contributed by atoms with Crippen LogP contribution < -0.4 is 10.5 Å². The highest BCUT2D eigenvalue weighted by molar-refractivity contribution is 5.98. The number of nitrogens with two attached hydrogens (primary N) is 1. The highest BCUT2D eigenvalue weighted by Gasteiger charge is 2.51. The lowest BCUT2D eigenvalue weighted by atomic mass is 9.66. The van der Waals surface area contributed by atoms with Gasteiger partial charge in [0, 0.05) is 28.5 Å². The quantitative estimate of drug-likeness (QED) is 0.135. The highest BCUT2D eigenvalue weighted by Crippen LogP contribution is 2.62. The summed E-state index contributed by atoms with van der Waals surface area (Å²) in [5.41, 5.74) is 22.3. The van der Waals surface area contributed by atoms with Crippen LogP contribution in [0.25, 0.3) is 55.5 Å². The molecule has 0 fully saturated rings. The third-order valence-corrected chi connectivity index (χ3v) is 12.2. The zero-order valence-corrected chi connectivity index (χ0v) is 33.1. The van der Waals surface area contributed by atoms with Crippen LogP contribution in [0.15, 0.2) is 211 Å². The van der Waals surface area contributed by atoms with E-state index in [1.807, 2.05) is 54.7 Å². The summed E-state index contributed by atoms with van der Waals surface area (Å²) in [7, 11) is 0. The van der Waals surface area contributed by atoms with E-state index in [-0.39, 0.29) is 0 Å². The van der Waals surface area contributed by atoms with Gasteiger partial charge in [0.1, 0.15) is 11.5 Å². The average molecular weight is 780 g/mol.